The van der Waals surface area contributed by atoms with E-state index in [-0.39, 0.29) is 18.5 Å². The Balaban J connectivity index is 2.20. The number of amides is 2. The second-order valence-electron chi connectivity index (χ2n) is 3.72. The first-order chi connectivity index (χ1) is 7.08. The molecule has 1 aliphatic carbocycles. The Kier molecular flexibility index (Phi) is 2.81. The Hall–Kier alpha value is -0.850. The fraction of sp³-hybridized carbons (Fsp3) is 0.400. The number of hydrogen-bond donors (Lipinski definition) is 1. The molecule has 0 saturated carbocycles. The molecule has 1 heterocycles. The molecule has 2 amide bonds. The van der Waals surface area contributed by atoms with Gasteiger partial charge >= 0.3 is 0 Å². The third-order valence-corrected chi connectivity index (χ3v) is 3.42. The van der Waals surface area contributed by atoms with Crippen LogP contribution in [-0.2, 0) is 9.59 Å². The summed E-state index contributed by atoms with van der Waals surface area (Å²) in [6, 6.07) is 0.0588. The normalized spacial score (nSPS) is 24.7. The van der Waals surface area contributed by atoms with Crippen molar-refractivity contribution in [2.45, 2.75) is 18.9 Å². The van der Waals surface area contributed by atoms with Crippen LogP contribution in [0.25, 0.3) is 0 Å². The van der Waals surface area contributed by atoms with Crippen LogP contribution in [0.1, 0.15) is 12.8 Å². The van der Waals surface area contributed by atoms with E-state index in [1.807, 2.05) is 6.08 Å². The largest absolute Gasteiger partial charge is 0.368 e. The number of allylic oxidation sites excluding steroid dienone is 2. The van der Waals surface area contributed by atoms with Gasteiger partial charge in [0, 0.05) is 3.58 Å². The first-order valence-electron chi connectivity index (χ1n) is 4.72. The van der Waals surface area contributed by atoms with Gasteiger partial charge in [-0.05, 0) is 40.7 Å². The van der Waals surface area contributed by atoms with Crippen molar-refractivity contribution in [1.29, 1.82) is 0 Å². The van der Waals surface area contributed by atoms with Gasteiger partial charge in [-0.3, -0.25) is 9.59 Å². The molecule has 4 nitrogen and oxygen atoms in total. The Morgan fingerprint density at radius 1 is 1.67 bits per heavy atom. The Bertz CT molecular complexity index is 387. The highest BCUT2D eigenvalue weighted by Gasteiger charge is 2.36. The molecule has 1 saturated heterocycles. The number of primary amides is 1. The molecule has 80 valence electrons. The smallest absolute Gasteiger partial charge is 0.237 e. The van der Waals surface area contributed by atoms with Crippen LogP contribution in [0, 0.1) is 0 Å². The maximum Gasteiger partial charge on any atom is 0.237 e. The number of nitrogens with two attached hydrogens (primary N) is 1. The Labute approximate surface area is 101 Å². The van der Waals surface area contributed by atoms with Gasteiger partial charge in [-0.25, -0.2) is 0 Å². The summed E-state index contributed by atoms with van der Waals surface area (Å²) in [5, 5.41) is 0. The van der Waals surface area contributed by atoms with Crippen molar-refractivity contribution in [3.63, 3.8) is 0 Å². The summed E-state index contributed by atoms with van der Waals surface area (Å²) >= 11 is 2.24. The fourth-order valence-electron chi connectivity index (χ4n) is 2.02. The minimum Gasteiger partial charge on any atom is -0.368 e. The number of halogens is 1. The van der Waals surface area contributed by atoms with E-state index in [4.69, 9.17) is 5.73 Å². The average Bonchev–Trinajstić information content (AvgIpc) is 2.41. The van der Waals surface area contributed by atoms with Crippen LogP contribution >= 0.6 is 22.6 Å². The topological polar surface area (TPSA) is 63.4 Å². The van der Waals surface area contributed by atoms with Crippen molar-refractivity contribution in [3.8, 4) is 0 Å². The molecule has 2 aliphatic rings. The SMILES string of the molecule is NC(=O)CN1C(=O)CC2=CC(I)=CCC21. The lowest BCUT2D eigenvalue weighted by Crippen LogP contribution is -2.40. The molecule has 0 bridgehead atoms. The van der Waals surface area contributed by atoms with Crippen LogP contribution in [0.15, 0.2) is 21.3 Å². The second-order valence-corrected chi connectivity index (χ2v) is 4.97. The van der Waals surface area contributed by atoms with Gasteiger partial charge in [0.2, 0.25) is 11.8 Å². The zero-order valence-electron chi connectivity index (χ0n) is 8.07. The van der Waals surface area contributed by atoms with Crippen molar-refractivity contribution in [3.05, 3.63) is 21.3 Å². The molecule has 15 heavy (non-hydrogen) atoms. The molecule has 5 heteroatoms. The first kappa shape index (κ1) is 10.7. The monoisotopic (exact) mass is 318 g/mol. The highest BCUT2D eigenvalue weighted by molar-refractivity contribution is 14.1. The number of nitrogens with zero attached hydrogens (tertiary/aromatic N) is 1. The predicted molar refractivity (Wildman–Crippen MR) is 64.1 cm³/mol. The lowest BCUT2D eigenvalue weighted by atomic mass is 10.00. The zero-order valence-corrected chi connectivity index (χ0v) is 10.2. The third-order valence-electron chi connectivity index (χ3n) is 2.67. The van der Waals surface area contributed by atoms with Crippen molar-refractivity contribution < 1.29 is 9.59 Å². The summed E-state index contributed by atoms with van der Waals surface area (Å²) in [4.78, 5) is 24.0. The summed E-state index contributed by atoms with van der Waals surface area (Å²) < 4.78 is 1.16. The van der Waals surface area contributed by atoms with Crippen LogP contribution in [-0.4, -0.2) is 29.3 Å². The highest BCUT2D eigenvalue weighted by atomic mass is 127. The molecule has 1 atom stereocenters. The highest BCUT2D eigenvalue weighted by Crippen LogP contribution is 2.33. The van der Waals surface area contributed by atoms with Gasteiger partial charge in [0.1, 0.15) is 0 Å². The summed E-state index contributed by atoms with van der Waals surface area (Å²) in [7, 11) is 0. The van der Waals surface area contributed by atoms with Gasteiger partial charge < -0.3 is 10.6 Å². The molecule has 1 aliphatic heterocycles. The lowest BCUT2D eigenvalue weighted by molar-refractivity contribution is -0.133. The zero-order chi connectivity index (χ0) is 11.0. The van der Waals surface area contributed by atoms with Crippen molar-refractivity contribution in [2.24, 2.45) is 5.73 Å². The van der Waals surface area contributed by atoms with Gasteiger partial charge in [-0.1, -0.05) is 6.08 Å². The maximum atomic E-state index is 11.6. The van der Waals surface area contributed by atoms with Crippen molar-refractivity contribution in [2.75, 3.05) is 6.54 Å². The molecule has 0 radical (unpaired) electrons. The molecular formula is C10H11IN2O2. The van der Waals surface area contributed by atoms with Crippen LogP contribution in [0.4, 0.5) is 0 Å². The van der Waals surface area contributed by atoms with E-state index in [1.165, 1.54) is 0 Å². The molecule has 2 rings (SSSR count). The first-order valence-corrected chi connectivity index (χ1v) is 5.79. The number of likely N-dealkylation sites (tertiary alicyclic amines) is 1. The second kappa shape index (κ2) is 3.96. The number of carbonyl (C=O) groups excluding carboxylic acids is 2. The van der Waals surface area contributed by atoms with Crippen molar-refractivity contribution in [1.82, 2.24) is 4.90 Å². The van der Waals surface area contributed by atoms with Gasteiger partial charge in [0.05, 0.1) is 19.0 Å². The summed E-state index contributed by atoms with van der Waals surface area (Å²) in [5.74, 6) is -0.446. The van der Waals surface area contributed by atoms with Crippen LogP contribution in [0.2, 0.25) is 0 Å². The molecule has 0 spiro atoms. The van der Waals surface area contributed by atoms with E-state index in [1.54, 1.807) is 4.90 Å². The van der Waals surface area contributed by atoms with Crippen LogP contribution in [0.3, 0.4) is 0 Å². The van der Waals surface area contributed by atoms with E-state index in [2.05, 4.69) is 28.7 Å². The molecule has 0 aromatic carbocycles. The predicted octanol–water partition coefficient (Wildman–Crippen LogP) is 0.722. The van der Waals surface area contributed by atoms with E-state index >= 15 is 0 Å². The molecular weight excluding hydrogens is 307 g/mol. The molecule has 1 unspecified atom stereocenters. The Morgan fingerprint density at radius 3 is 3.07 bits per heavy atom. The average molecular weight is 318 g/mol. The molecule has 0 aromatic rings. The quantitative estimate of drug-likeness (QED) is 0.763. The molecule has 2 N–H and O–H groups in total. The molecule has 0 aromatic heterocycles. The number of carbonyl (C=O) groups is 2. The van der Waals surface area contributed by atoms with Gasteiger partial charge in [-0.15, -0.1) is 0 Å². The standard InChI is InChI=1S/C10H11IN2O2/c11-7-1-2-8-6(3-7)4-10(15)13(8)5-9(12)14/h1,3,8H,2,4-5H2,(H2,12,14). The molecule has 1 fully saturated rings. The summed E-state index contributed by atoms with van der Waals surface area (Å²) in [6.45, 7) is 0.0330. The third kappa shape index (κ3) is 2.06. The number of fused-ring (bicyclic) bond motifs is 1. The maximum absolute atomic E-state index is 11.6. The van der Waals surface area contributed by atoms with E-state index in [9.17, 15) is 9.59 Å². The van der Waals surface area contributed by atoms with Crippen LogP contribution in [0.5, 0.6) is 0 Å². The lowest BCUT2D eigenvalue weighted by Gasteiger charge is -2.24. The minimum absolute atomic E-state index is 0.00421. The minimum atomic E-state index is -0.450. The van der Waals surface area contributed by atoms with Gasteiger partial charge in [-0.2, -0.15) is 0 Å². The number of rotatable bonds is 2. The Morgan fingerprint density at radius 2 is 2.40 bits per heavy atom. The van der Waals surface area contributed by atoms with Gasteiger partial charge in [0.15, 0.2) is 0 Å². The van der Waals surface area contributed by atoms with Crippen LogP contribution < -0.4 is 5.73 Å². The van der Waals surface area contributed by atoms with Gasteiger partial charge in [0.25, 0.3) is 0 Å². The fourth-order valence-corrected chi connectivity index (χ4v) is 2.67. The van der Waals surface area contributed by atoms with E-state index < -0.39 is 5.91 Å². The van der Waals surface area contributed by atoms with E-state index in [0.717, 1.165) is 15.6 Å². The van der Waals surface area contributed by atoms with Crippen molar-refractivity contribution >= 4 is 34.4 Å². The summed E-state index contributed by atoms with van der Waals surface area (Å²) in [5.41, 5.74) is 6.22. The summed E-state index contributed by atoms with van der Waals surface area (Å²) in [6.07, 6.45) is 5.32. The van der Waals surface area contributed by atoms with E-state index in [0.29, 0.717) is 6.42 Å². The number of hydrogen-bond acceptors (Lipinski definition) is 2.